The first-order valence-electron chi connectivity index (χ1n) is 3.52. The Morgan fingerprint density at radius 1 is 1.15 bits per heavy atom. The predicted octanol–water partition coefficient (Wildman–Crippen LogP) is 3.51. The van der Waals surface area contributed by atoms with Gasteiger partial charge in [0.2, 0.25) is 0 Å². The van der Waals surface area contributed by atoms with Gasteiger partial charge in [-0.2, -0.15) is 0 Å². The summed E-state index contributed by atoms with van der Waals surface area (Å²) in [7, 11) is 0. The molecule has 0 unspecified atom stereocenters. The highest BCUT2D eigenvalue weighted by Gasteiger charge is 2.08. The first kappa shape index (κ1) is 10.3. The van der Waals surface area contributed by atoms with Crippen LogP contribution in [0, 0.1) is 17.5 Å². The lowest BCUT2D eigenvalue weighted by Gasteiger charge is -1.97. The molecule has 0 bridgehead atoms. The summed E-state index contributed by atoms with van der Waals surface area (Å²) >= 11 is 3.11. The van der Waals surface area contributed by atoms with E-state index in [0.717, 1.165) is 12.1 Å². The Hall–Kier alpha value is -0.770. The third-order valence-corrected chi connectivity index (χ3v) is 1.78. The molecular weight excluding hydrogens is 245 g/mol. The van der Waals surface area contributed by atoms with Gasteiger partial charge in [0.1, 0.15) is 0 Å². The van der Waals surface area contributed by atoms with Crippen LogP contribution in [0.3, 0.4) is 0 Å². The summed E-state index contributed by atoms with van der Waals surface area (Å²) in [5.41, 5.74) is 0.302. The predicted molar refractivity (Wildman–Crippen MR) is 49.1 cm³/mol. The maximum atomic E-state index is 12.6. The van der Waals surface area contributed by atoms with Crippen molar-refractivity contribution in [3.63, 3.8) is 0 Å². The van der Waals surface area contributed by atoms with Gasteiger partial charge in [-0.1, -0.05) is 28.1 Å². The van der Waals surface area contributed by atoms with E-state index in [1.165, 1.54) is 6.08 Å². The van der Waals surface area contributed by atoms with E-state index in [2.05, 4.69) is 15.9 Å². The SMILES string of the molecule is Fc1cc(C=CCBr)cc(F)c1F. The molecule has 0 fully saturated rings. The second-order valence-corrected chi connectivity index (χ2v) is 3.00. The first-order chi connectivity index (χ1) is 6.15. The van der Waals surface area contributed by atoms with Crippen LogP contribution in [-0.2, 0) is 0 Å². The van der Waals surface area contributed by atoms with Crippen molar-refractivity contribution >= 4 is 22.0 Å². The lowest BCUT2D eigenvalue weighted by molar-refractivity contribution is 0.447. The largest absolute Gasteiger partial charge is 0.204 e. The zero-order chi connectivity index (χ0) is 9.84. The Balaban J connectivity index is 3.06. The number of rotatable bonds is 2. The van der Waals surface area contributed by atoms with E-state index >= 15 is 0 Å². The maximum Gasteiger partial charge on any atom is 0.194 e. The van der Waals surface area contributed by atoms with Crippen LogP contribution >= 0.6 is 15.9 Å². The molecular formula is C9H6BrF3. The lowest BCUT2D eigenvalue weighted by Crippen LogP contribution is -1.90. The highest BCUT2D eigenvalue weighted by molar-refractivity contribution is 9.09. The quantitative estimate of drug-likeness (QED) is 0.557. The van der Waals surface area contributed by atoms with Crippen LogP contribution in [0.25, 0.3) is 6.08 Å². The zero-order valence-electron chi connectivity index (χ0n) is 6.53. The molecule has 0 aromatic heterocycles. The van der Waals surface area contributed by atoms with Gasteiger partial charge in [0.15, 0.2) is 17.5 Å². The Morgan fingerprint density at radius 2 is 1.69 bits per heavy atom. The van der Waals surface area contributed by atoms with Crippen molar-refractivity contribution in [2.24, 2.45) is 0 Å². The monoisotopic (exact) mass is 250 g/mol. The number of halogens is 4. The number of hydrogen-bond acceptors (Lipinski definition) is 0. The summed E-state index contributed by atoms with van der Waals surface area (Å²) in [4.78, 5) is 0. The van der Waals surface area contributed by atoms with Gasteiger partial charge in [0.25, 0.3) is 0 Å². The molecule has 0 aliphatic heterocycles. The van der Waals surface area contributed by atoms with Gasteiger partial charge in [0.05, 0.1) is 0 Å². The van der Waals surface area contributed by atoms with Crippen molar-refractivity contribution in [1.82, 2.24) is 0 Å². The number of benzene rings is 1. The Labute approximate surface area is 82.2 Å². The molecule has 0 atom stereocenters. The van der Waals surface area contributed by atoms with E-state index < -0.39 is 17.5 Å². The van der Waals surface area contributed by atoms with Crippen molar-refractivity contribution in [2.45, 2.75) is 0 Å². The zero-order valence-corrected chi connectivity index (χ0v) is 8.11. The summed E-state index contributed by atoms with van der Waals surface area (Å²) in [6, 6.07) is 1.88. The fraction of sp³-hybridized carbons (Fsp3) is 0.111. The molecule has 0 aliphatic carbocycles. The van der Waals surface area contributed by atoms with Crippen molar-refractivity contribution in [2.75, 3.05) is 5.33 Å². The van der Waals surface area contributed by atoms with E-state index in [4.69, 9.17) is 0 Å². The molecule has 1 rings (SSSR count). The number of hydrogen-bond donors (Lipinski definition) is 0. The van der Waals surface area contributed by atoms with Crippen molar-refractivity contribution < 1.29 is 13.2 Å². The van der Waals surface area contributed by atoms with Gasteiger partial charge in [-0.3, -0.25) is 0 Å². The second-order valence-electron chi connectivity index (χ2n) is 2.36. The average Bonchev–Trinajstić information content (AvgIpc) is 2.10. The van der Waals surface area contributed by atoms with Crippen LogP contribution in [-0.4, -0.2) is 5.33 Å². The first-order valence-corrected chi connectivity index (χ1v) is 4.64. The minimum atomic E-state index is -1.43. The summed E-state index contributed by atoms with van der Waals surface area (Å²) in [5, 5.41) is 0.577. The van der Waals surface area contributed by atoms with Crippen LogP contribution in [0.4, 0.5) is 13.2 Å². The van der Waals surface area contributed by atoms with Crippen LogP contribution in [0.1, 0.15) is 5.56 Å². The Kier molecular flexibility index (Phi) is 3.54. The van der Waals surface area contributed by atoms with E-state index in [0.29, 0.717) is 10.9 Å². The molecule has 4 heteroatoms. The van der Waals surface area contributed by atoms with Crippen LogP contribution in [0.15, 0.2) is 18.2 Å². The molecule has 70 valence electrons. The lowest BCUT2D eigenvalue weighted by atomic mass is 10.2. The highest BCUT2D eigenvalue weighted by Crippen LogP contribution is 2.14. The molecule has 0 nitrogen and oxygen atoms in total. The topological polar surface area (TPSA) is 0 Å². The minimum absolute atomic E-state index is 0.302. The molecule has 13 heavy (non-hydrogen) atoms. The molecule has 0 saturated heterocycles. The van der Waals surface area contributed by atoms with E-state index in [-0.39, 0.29) is 0 Å². The molecule has 0 saturated carbocycles. The van der Waals surface area contributed by atoms with Crippen LogP contribution < -0.4 is 0 Å². The molecule has 0 aliphatic rings. The second kappa shape index (κ2) is 4.46. The van der Waals surface area contributed by atoms with Crippen molar-refractivity contribution in [3.05, 3.63) is 41.2 Å². The summed E-state index contributed by atoms with van der Waals surface area (Å²) in [6.07, 6.45) is 3.16. The molecule has 1 aromatic rings. The molecule has 0 heterocycles. The van der Waals surface area contributed by atoms with E-state index in [1.807, 2.05) is 0 Å². The maximum absolute atomic E-state index is 12.6. The number of allylic oxidation sites excluding steroid dienone is 1. The van der Waals surface area contributed by atoms with Gasteiger partial charge >= 0.3 is 0 Å². The van der Waals surface area contributed by atoms with E-state index in [9.17, 15) is 13.2 Å². The molecule has 0 N–H and O–H groups in total. The van der Waals surface area contributed by atoms with Crippen molar-refractivity contribution in [1.29, 1.82) is 0 Å². The van der Waals surface area contributed by atoms with Crippen LogP contribution in [0.5, 0.6) is 0 Å². The fourth-order valence-electron chi connectivity index (χ4n) is 0.852. The van der Waals surface area contributed by atoms with Gasteiger partial charge in [0, 0.05) is 5.33 Å². The van der Waals surface area contributed by atoms with Crippen molar-refractivity contribution in [3.8, 4) is 0 Å². The average molecular weight is 251 g/mol. The summed E-state index contributed by atoms with van der Waals surface area (Å²) in [6.45, 7) is 0. The number of alkyl halides is 1. The Morgan fingerprint density at radius 3 is 2.15 bits per heavy atom. The summed E-state index contributed by atoms with van der Waals surface area (Å²) in [5.74, 6) is -3.78. The van der Waals surface area contributed by atoms with Gasteiger partial charge < -0.3 is 0 Å². The normalized spacial score (nSPS) is 11.1. The summed E-state index contributed by atoms with van der Waals surface area (Å²) < 4.78 is 37.7. The molecule has 0 spiro atoms. The third kappa shape index (κ3) is 2.59. The fourth-order valence-corrected chi connectivity index (χ4v) is 1.04. The van der Waals surface area contributed by atoms with Gasteiger partial charge in [-0.05, 0) is 17.7 Å². The minimum Gasteiger partial charge on any atom is -0.204 e. The standard InChI is InChI=1S/C9H6BrF3/c10-3-1-2-6-4-7(11)9(13)8(12)5-6/h1-2,4-5H,3H2. The molecule has 1 aromatic carbocycles. The highest BCUT2D eigenvalue weighted by atomic mass is 79.9. The Bertz CT molecular complexity index is 311. The van der Waals surface area contributed by atoms with E-state index in [1.54, 1.807) is 6.08 Å². The molecule has 0 amide bonds. The molecule has 0 radical (unpaired) electrons. The van der Waals surface area contributed by atoms with Crippen LogP contribution in [0.2, 0.25) is 0 Å². The third-order valence-electron chi connectivity index (χ3n) is 1.41. The van der Waals surface area contributed by atoms with Gasteiger partial charge in [-0.25, -0.2) is 13.2 Å². The van der Waals surface area contributed by atoms with Gasteiger partial charge in [-0.15, -0.1) is 0 Å². The smallest absolute Gasteiger partial charge is 0.194 e.